The number of hydrogen-bond acceptors (Lipinski definition) is 15. The van der Waals surface area contributed by atoms with Crippen molar-refractivity contribution in [3.05, 3.63) is 0 Å². The van der Waals surface area contributed by atoms with Crippen molar-refractivity contribution in [3.8, 4) is 0 Å². The molecule has 86 heavy (non-hydrogen) atoms. The fourth-order valence-electron chi connectivity index (χ4n) is 9.89. The lowest BCUT2D eigenvalue weighted by Crippen LogP contribution is -2.30. The quantitative estimate of drug-likeness (QED) is 0.0222. The van der Waals surface area contributed by atoms with Gasteiger partial charge in [-0.2, -0.15) is 0 Å². The van der Waals surface area contributed by atoms with E-state index in [2.05, 4.69) is 55.4 Å². The summed E-state index contributed by atoms with van der Waals surface area (Å²) in [4.78, 5) is 72.3. The fraction of sp³-hybridized carbons (Fsp3) is 0.940. The molecule has 7 atom stereocenters. The molecule has 510 valence electrons. The molecule has 0 aliphatic heterocycles. The van der Waals surface area contributed by atoms with Crippen LogP contribution in [0.3, 0.4) is 0 Å². The standard InChI is InChI=1S/C67H130O17P2/c1-9-59(7)45-37-29-23-25-32-40-48-65(70)78-54-63(84-67(72)50-42-34-26-24-30-38-46-60(8)10-2)56-82-86(75,76)80-52-61(68)51-79-85(73,74)81-55-62(83-66(71)49-41-33-22-18-20-28-36-44-58(5)6)53-77-64(69)47-39-31-21-17-15-13-11-12-14-16-19-27-35-43-57(3)4/h57-63,68H,9-56H2,1-8H3,(H,73,74)(H,75,76)/t59?,60?,61-,62-,63-/m1/s1. The van der Waals surface area contributed by atoms with Gasteiger partial charge in [0.25, 0.3) is 0 Å². The van der Waals surface area contributed by atoms with Gasteiger partial charge in [0.1, 0.15) is 19.3 Å². The molecular formula is C67H130O17P2. The Balaban J connectivity index is 5.22. The molecule has 0 spiro atoms. The average Bonchev–Trinajstić information content (AvgIpc) is 3.68. The smallest absolute Gasteiger partial charge is 0.462 e. The van der Waals surface area contributed by atoms with Gasteiger partial charge in [0.2, 0.25) is 0 Å². The number of carbonyl (C=O) groups excluding carboxylic acids is 4. The average molecular weight is 1270 g/mol. The lowest BCUT2D eigenvalue weighted by Gasteiger charge is -2.21. The Morgan fingerprint density at radius 1 is 0.326 bits per heavy atom. The van der Waals surface area contributed by atoms with Gasteiger partial charge < -0.3 is 33.8 Å². The van der Waals surface area contributed by atoms with Gasteiger partial charge >= 0.3 is 39.5 Å². The van der Waals surface area contributed by atoms with E-state index >= 15 is 0 Å². The van der Waals surface area contributed by atoms with Crippen LogP contribution in [-0.4, -0.2) is 96.7 Å². The van der Waals surface area contributed by atoms with Gasteiger partial charge in [0.05, 0.1) is 26.4 Å². The summed E-state index contributed by atoms with van der Waals surface area (Å²) < 4.78 is 68.1. The Morgan fingerprint density at radius 3 is 0.826 bits per heavy atom. The normalized spacial score (nSPS) is 15.0. The van der Waals surface area contributed by atoms with Crippen LogP contribution >= 0.6 is 15.6 Å². The van der Waals surface area contributed by atoms with Crippen LogP contribution in [0, 0.1) is 23.7 Å². The van der Waals surface area contributed by atoms with E-state index < -0.39 is 97.5 Å². The largest absolute Gasteiger partial charge is 0.472 e. The van der Waals surface area contributed by atoms with Crippen LogP contribution in [0.4, 0.5) is 0 Å². The van der Waals surface area contributed by atoms with Crippen molar-refractivity contribution < 1.29 is 80.2 Å². The highest BCUT2D eigenvalue weighted by molar-refractivity contribution is 7.47. The molecule has 4 unspecified atom stereocenters. The summed E-state index contributed by atoms with van der Waals surface area (Å²) in [5.74, 6) is 0.799. The number of aliphatic hydroxyl groups is 1. The number of unbranched alkanes of at least 4 members (excludes halogenated alkanes) is 28. The van der Waals surface area contributed by atoms with Gasteiger partial charge in [-0.1, -0.05) is 274 Å². The summed E-state index contributed by atoms with van der Waals surface area (Å²) in [6, 6.07) is 0. The zero-order valence-electron chi connectivity index (χ0n) is 55.9. The third kappa shape index (κ3) is 58.4. The van der Waals surface area contributed by atoms with Crippen LogP contribution in [-0.2, 0) is 65.4 Å². The van der Waals surface area contributed by atoms with E-state index in [1.54, 1.807) is 0 Å². The maximum atomic E-state index is 13.0. The minimum absolute atomic E-state index is 0.101. The third-order valence-electron chi connectivity index (χ3n) is 16.0. The Morgan fingerprint density at radius 2 is 0.558 bits per heavy atom. The van der Waals surface area contributed by atoms with E-state index in [1.807, 2.05) is 0 Å². The molecule has 0 aliphatic rings. The lowest BCUT2D eigenvalue weighted by molar-refractivity contribution is -0.161. The zero-order chi connectivity index (χ0) is 63.9. The van der Waals surface area contributed by atoms with Gasteiger partial charge in [-0.3, -0.25) is 37.3 Å². The summed E-state index contributed by atoms with van der Waals surface area (Å²) in [5.41, 5.74) is 0. The van der Waals surface area contributed by atoms with Crippen molar-refractivity contribution in [1.82, 2.24) is 0 Å². The Bertz CT molecular complexity index is 1720. The Labute approximate surface area is 524 Å². The first-order valence-corrected chi connectivity index (χ1v) is 37.8. The summed E-state index contributed by atoms with van der Waals surface area (Å²) in [6.45, 7) is 14.0. The van der Waals surface area contributed by atoms with Gasteiger partial charge in [-0.25, -0.2) is 9.13 Å². The molecule has 0 heterocycles. The number of ether oxygens (including phenoxy) is 4. The third-order valence-corrected chi connectivity index (χ3v) is 17.9. The molecule has 0 fully saturated rings. The van der Waals surface area contributed by atoms with E-state index in [1.165, 1.54) is 122 Å². The van der Waals surface area contributed by atoms with Gasteiger partial charge in [-0.15, -0.1) is 0 Å². The first-order chi connectivity index (χ1) is 41.2. The molecule has 0 saturated heterocycles. The number of carbonyl (C=O) groups is 4. The second kappa shape index (κ2) is 57.0. The number of aliphatic hydroxyl groups excluding tert-OH is 1. The summed E-state index contributed by atoms with van der Waals surface area (Å²) in [5, 5.41) is 10.6. The Kier molecular flexibility index (Phi) is 55.7. The van der Waals surface area contributed by atoms with Crippen LogP contribution in [0.25, 0.3) is 0 Å². The van der Waals surface area contributed by atoms with Crippen molar-refractivity contribution in [1.29, 1.82) is 0 Å². The molecule has 0 saturated carbocycles. The number of esters is 4. The number of rotatable bonds is 64. The summed E-state index contributed by atoms with van der Waals surface area (Å²) in [7, 11) is -9.89. The molecule has 0 rings (SSSR count). The van der Waals surface area contributed by atoms with Crippen molar-refractivity contribution in [3.63, 3.8) is 0 Å². The molecule has 0 aromatic heterocycles. The molecule has 19 heteroatoms. The minimum Gasteiger partial charge on any atom is -0.462 e. The van der Waals surface area contributed by atoms with Crippen LogP contribution in [0.2, 0.25) is 0 Å². The molecular weight excluding hydrogens is 1140 g/mol. The molecule has 0 aromatic carbocycles. The molecule has 0 aliphatic carbocycles. The fourth-order valence-corrected chi connectivity index (χ4v) is 11.5. The van der Waals surface area contributed by atoms with Crippen LogP contribution in [0.1, 0.15) is 325 Å². The summed E-state index contributed by atoms with van der Waals surface area (Å²) in [6.07, 6.45) is 37.8. The number of phosphoric acid groups is 2. The predicted octanol–water partition coefficient (Wildman–Crippen LogP) is 18.5. The van der Waals surface area contributed by atoms with E-state index in [0.29, 0.717) is 31.6 Å². The second-order valence-electron chi connectivity index (χ2n) is 25.6. The molecule has 0 bridgehead atoms. The summed E-state index contributed by atoms with van der Waals surface area (Å²) >= 11 is 0. The minimum atomic E-state index is -4.95. The maximum absolute atomic E-state index is 13.0. The van der Waals surface area contributed by atoms with Crippen LogP contribution in [0.15, 0.2) is 0 Å². The zero-order valence-corrected chi connectivity index (χ0v) is 57.7. The van der Waals surface area contributed by atoms with Crippen LogP contribution in [0.5, 0.6) is 0 Å². The highest BCUT2D eigenvalue weighted by Gasteiger charge is 2.30. The van der Waals surface area contributed by atoms with E-state index in [-0.39, 0.29) is 25.7 Å². The predicted molar refractivity (Wildman–Crippen MR) is 344 cm³/mol. The Hall–Kier alpha value is -1.94. The SMILES string of the molecule is CCC(C)CCCCCCCCC(=O)OC[C@H](COP(=O)(O)OC[C@H](O)COP(=O)(O)OC[C@@H](COC(=O)CCCCCCCCCCCCCCCC(C)C)OC(=O)CCCCCCCCCC(C)C)OC(=O)CCCCCCCCC(C)CC. The topological polar surface area (TPSA) is 237 Å². The molecule has 0 amide bonds. The highest BCUT2D eigenvalue weighted by atomic mass is 31.2. The highest BCUT2D eigenvalue weighted by Crippen LogP contribution is 2.45. The first kappa shape index (κ1) is 84.1. The first-order valence-electron chi connectivity index (χ1n) is 34.8. The number of hydrogen-bond donors (Lipinski definition) is 3. The van der Waals surface area contributed by atoms with Crippen molar-refractivity contribution in [2.45, 2.75) is 343 Å². The molecule has 17 nitrogen and oxygen atoms in total. The van der Waals surface area contributed by atoms with Gasteiger partial charge in [-0.05, 0) is 49.4 Å². The van der Waals surface area contributed by atoms with Gasteiger partial charge in [0, 0.05) is 25.7 Å². The molecule has 3 N–H and O–H groups in total. The van der Waals surface area contributed by atoms with E-state index in [9.17, 15) is 43.2 Å². The lowest BCUT2D eigenvalue weighted by atomic mass is 10.00. The molecule has 0 radical (unpaired) electrons. The monoisotopic (exact) mass is 1270 g/mol. The van der Waals surface area contributed by atoms with Gasteiger partial charge in [0.15, 0.2) is 12.2 Å². The second-order valence-corrected chi connectivity index (χ2v) is 28.6. The number of phosphoric ester groups is 2. The van der Waals surface area contributed by atoms with Crippen molar-refractivity contribution >= 4 is 39.5 Å². The van der Waals surface area contributed by atoms with Crippen LogP contribution < -0.4 is 0 Å². The maximum Gasteiger partial charge on any atom is 0.472 e. The molecule has 0 aromatic rings. The van der Waals surface area contributed by atoms with E-state index in [0.717, 1.165) is 114 Å². The van der Waals surface area contributed by atoms with Crippen molar-refractivity contribution in [2.75, 3.05) is 39.6 Å². The van der Waals surface area contributed by atoms with E-state index in [4.69, 9.17) is 37.0 Å². The van der Waals surface area contributed by atoms with Crippen molar-refractivity contribution in [2.24, 2.45) is 23.7 Å².